The van der Waals surface area contributed by atoms with Crippen LogP contribution < -0.4 is 10.6 Å². The van der Waals surface area contributed by atoms with E-state index in [1.807, 2.05) is 25.1 Å². The van der Waals surface area contributed by atoms with Gasteiger partial charge in [0.15, 0.2) is 5.13 Å². The van der Waals surface area contributed by atoms with Gasteiger partial charge in [0, 0.05) is 11.0 Å². The van der Waals surface area contributed by atoms with Gasteiger partial charge in [0.25, 0.3) is 0 Å². The lowest BCUT2D eigenvalue weighted by atomic mass is 10.3. The van der Waals surface area contributed by atoms with E-state index < -0.39 is 0 Å². The van der Waals surface area contributed by atoms with E-state index in [1.54, 1.807) is 0 Å². The molecule has 0 fully saturated rings. The molecule has 1 aromatic carbocycles. The van der Waals surface area contributed by atoms with Crippen molar-refractivity contribution in [1.82, 2.24) is 10.3 Å². The lowest BCUT2D eigenvalue weighted by Gasteiger charge is -2.00. The van der Waals surface area contributed by atoms with Crippen LogP contribution in [0.5, 0.6) is 0 Å². The van der Waals surface area contributed by atoms with Crippen molar-refractivity contribution in [3.05, 3.63) is 22.7 Å². The summed E-state index contributed by atoms with van der Waals surface area (Å²) in [4.78, 5) is 15.6. The zero-order valence-corrected chi connectivity index (χ0v) is 11.0. The van der Waals surface area contributed by atoms with Gasteiger partial charge < -0.3 is 5.32 Å². The largest absolute Gasteiger partial charge is 0.338 e. The van der Waals surface area contributed by atoms with Gasteiger partial charge in [-0.1, -0.05) is 17.4 Å². The fourth-order valence-electron chi connectivity index (χ4n) is 1.27. The number of thiazole rings is 1. The number of rotatable bonds is 2. The Hall–Kier alpha value is -1.14. The van der Waals surface area contributed by atoms with Crippen molar-refractivity contribution in [2.24, 2.45) is 0 Å². The number of aromatic nitrogens is 1. The molecule has 0 saturated heterocycles. The van der Waals surface area contributed by atoms with Crippen molar-refractivity contribution in [2.45, 2.75) is 6.92 Å². The molecule has 0 bridgehead atoms. The standard InChI is InChI=1S/C10H10BrN3OS/c1-2-12-9(15)14-10-13-8-6(11)4-3-5-7(8)16-10/h3-5H,2H2,1H3,(H2,12,13,14,15). The van der Waals surface area contributed by atoms with Gasteiger partial charge in [-0.15, -0.1) is 0 Å². The molecule has 2 amide bonds. The highest BCUT2D eigenvalue weighted by molar-refractivity contribution is 9.10. The van der Waals surface area contributed by atoms with E-state index in [4.69, 9.17) is 0 Å². The Morgan fingerprint density at radius 2 is 2.38 bits per heavy atom. The van der Waals surface area contributed by atoms with E-state index in [2.05, 4.69) is 31.5 Å². The zero-order chi connectivity index (χ0) is 11.5. The van der Waals surface area contributed by atoms with E-state index in [9.17, 15) is 4.79 Å². The molecular formula is C10H10BrN3OS. The lowest BCUT2D eigenvalue weighted by Crippen LogP contribution is -2.28. The molecule has 1 aromatic heterocycles. The average Bonchev–Trinajstić information content (AvgIpc) is 2.62. The van der Waals surface area contributed by atoms with E-state index in [0.717, 1.165) is 14.7 Å². The lowest BCUT2D eigenvalue weighted by molar-refractivity contribution is 0.252. The first-order valence-corrected chi connectivity index (χ1v) is 6.41. The first kappa shape index (κ1) is 11.3. The molecule has 2 aromatic rings. The molecule has 0 saturated carbocycles. The number of hydrogen-bond acceptors (Lipinski definition) is 3. The van der Waals surface area contributed by atoms with Crippen LogP contribution in [0.1, 0.15) is 6.92 Å². The molecule has 0 aliphatic heterocycles. The molecule has 0 spiro atoms. The van der Waals surface area contributed by atoms with Gasteiger partial charge in [0.05, 0.1) is 10.2 Å². The minimum absolute atomic E-state index is 0.224. The SMILES string of the molecule is CCNC(=O)Nc1nc2c(Br)cccc2s1. The van der Waals surface area contributed by atoms with Gasteiger partial charge in [0.2, 0.25) is 0 Å². The van der Waals surface area contributed by atoms with E-state index >= 15 is 0 Å². The molecule has 0 unspecified atom stereocenters. The highest BCUT2D eigenvalue weighted by Crippen LogP contribution is 2.30. The van der Waals surface area contributed by atoms with Crippen LogP contribution in [0.15, 0.2) is 22.7 Å². The summed E-state index contributed by atoms with van der Waals surface area (Å²) in [6.45, 7) is 2.47. The Bertz CT molecular complexity index is 526. The second-order valence-corrected chi connectivity index (χ2v) is 4.98. The van der Waals surface area contributed by atoms with Gasteiger partial charge in [-0.05, 0) is 35.0 Å². The number of anilines is 1. The number of fused-ring (bicyclic) bond motifs is 1. The van der Waals surface area contributed by atoms with E-state index in [-0.39, 0.29) is 6.03 Å². The van der Waals surface area contributed by atoms with Gasteiger partial charge in [-0.3, -0.25) is 5.32 Å². The maximum atomic E-state index is 11.3. The van der Waals surface area contributed by atoms with E-state index in [0.29, 0.717) is 11.7 Å². The predicted molar refractivity (Wildman–Crippen MR) is 70.0 cm³/mol. The number of hydrogen-bond donors (Lipinski definition) is 2. The quantitative estimate of drug-likeness (QED) is 0.895. The molecular weight excluding hydrogens is 290 g/mol. The molecule has 4 nitrogen and oxygen atoms in total. The zero-order valence-electron chi connectivity index (χ0n) is 8.58. The monoisotopic (exact) mass is 299 g/mol. The Labute approximate surface area is 105 Å². The molecule has 2 N–H and O–H groups in total. The van der Waals surface area contributed by atoms with Gasteiger partial charge in [-0.25, -0.2) is 9.78 Å². The van der Waals surface area contributed by atoms with Gasteiger partial charge >= 0.3 is 6.03 Å². The number of nitrogens with zero attached hydrogens (tertiary/aromatic N) is 1. The van der Waals surface area contributed by atoms with Crippen molar-refractivity contribution < 1.29 is 4.79 Å². The van der Waals surface area contributed by atoms with Crippen molar-refractivity contribution in [3.8, 4) is 0 Å². The van der Waals surface area contributed by atoms with Crippen molar-refractivity contribution in [1.29, 1.82) is 0 Å². The average molecular weight is 300 g/mol. The minimum atomic E-state index is -0.224. The van der Waals surface area contributed by atoms with Crippen LogP contribution in [0.25, 0.3) is 10.2 Å². The van der Waals surface area contributed by atoms with Crippen LogP contribution >= 0.6 is 27.3 Å². The van der Waals surface area contributed by atoms with Crippen molar-refractivity contribution in [3.63, 3.8) is 0 Å². The molecule has 0 aliphatic carbocycles. The van der Waals surface area contributed by atoms with Crippen LogP contribution in [0.4, 0.5) is 9.93 Å². The first-order valence-electron chi connectivity index (χ1n) is 4.80. The van der Waals surface area contributed by atoms with Crippen LogP contribution in [-0.2, 0) is 0 Å². The molecule has 0 radical (unpaired) electrons. The Morgan fingerprint density at radius 1 is 1.56 bits per heavy atom. The number of urea groups is 1. The Balaban J connectivity index is 2.26. The third-order valence-electron chi connectivity index (χ3n) is 1.93. The molecule has 6 heteroatoms. The maximum absolute atomic E-state index is 11.3. The van der Waals surface area contributed by atoms with Crippen LogP contribution in [0, 0.1) is 0 Å². The third kappa shape index (κ3) is 2.33. The first-order chi connectivity index (χ1) is 7.70. The van der Waals surface area contributed by atoms with Crippen LogP contribution in [0.2, 0.25) is 0 Å². The molecule has 0 atom stereocenters. The Morgan fingerprint density at radius 3 is 3.06 bits per heavy atom. The van der Waals surface area contributed by atoms with E-state index in [1.165, 1.54) is 11.3 Å². The number of nitrogens with one attached hydrogen (secondary N) is 2. The topological polar surface area (TPSA) is 54.0 Å². The van der Waals surface area contributed by atoms with Crippen LogP contribution in [-0.4, -0.2) is 17.6 Å². The number of para-hydroxylation sites is 1. The summed E-state index contributed by atoms with van der Waals surface area (Å²) in [6.07, 6.45) is 0. The number of amides is 2. The molecule has 0 aliphatic rings. The smallest absolute Gasteiger partial charge is 0.321 e. The second-order valence-electron chi connectivity index (χ2n) is 3.09. The highest BCUT2D eigenvalue weighted by Gasteiger charge is 2.08. The van der Waals surface area contributed by atoms with Crippen molar-refractivity contribution in [2.75, 3.05) is 11.9 Å². The van der Waals surface area contributed by atoms with Crippen molar-refractivity contribution >= 4 is 48.6 Å². The number of carbonyl (C=O) groups excluding carboxylic acids is 1. The third-order valence-corrected chi connectivity index (χ3v) is 3.50. The maximum Gasteiger partial charge on any atom is 0.321 e. The fraction of sp³-hybridized carbons (Fsp3) is 0.200. The normalized spacial score (nSPS) is 10.4. The van der Waals surface area contributed by atoms with Gasteiger partial charge in [-0.2, -0.15) is 0 Å². The summed E-state index contributed by atoms with van der Waals surface area (Å²) >= 11 is 4.88. The van der Waals surface area contributed by atoms with Crippen LogP contribution in [0.3, 0.4) is 0 Å². The summed E-state index contributed by atoms with van der Waals surface area (Å²) in [5.41, 5.74) is 0.874. The number of halogens is 1. The minimum Gasteiger partial charge on any atom is -0.338 e. The summed E-state index contributed by atoms with van der Waals surface area (Å²) < 4.78 is 1.98. The molecule has 2 rings (SSSR count). The fourth-order valence-corrected chi connectivity index (χ4v) is 2.74. The summed E-state index contributed by atoms with van der Waals surface area (Å²) in [5, 5.41) is 5.96. The number of benzene rings is 1. The molecule has 84 valence electrons. The summed E-state index contributed by atoms with van der Waals surface area (Å²) in [5.74, 6) is 0. The highest BCUT2D eigenvalue weighted by atomic mass is 79.9. The van der Waals surface area contributed by atoms with Gasteiger partial charge in [0.1, 0.15) is 0 Å². The summed E-state index contributed by atoms with van der Waals surface area (Å²) in [6, 6.07) is 5.62. The Kier molecular flexibility index (Phi) is 3.40. The summed E-state index contributed by atoms with van der Waals surface area (Å²) in [7, 11) is 0. The second kappa shape index (κ2) is 4.80. The number of carbonyl (C=O) groups is 1. The predicted octanol–water partition coefficient (Wildman–Crippen LogP) is 3.20. The molecule has 16 heavy (non-hydrogen) atoms. The molecule has 1 heterocycles.